The van der Waals surface area contributed by atoms with Crippen LogP contribution >= 0.6 is 0 Å². The SMILES string of the molecule is CN(C(CO)C(N)=O)C1CCc2ccccc21. The van der Waals surface area contributed by atoms with Crippen LogP contribution in [0.2, 0.25) is 0 Å². The molecule has 0 bridgehead atoms. The number of aliphatic hydroxyl groups is 1. The molecule has 2 unspecified atom stereocenters. The van der Waals surface area contributed by atoms with Crippen LogP contribution in [0.4, 0.5) is 0 Å². The molecule has 1 aromatic carbocycles. The van der Waals surface area contributed by atoms with E-state index in [1.807, 2.05) is 24.1 Å². The number of carbonyl (C=O) groups is 1. The van der Waals surface area contributed by atoms with Gasteiger partial charge in [-0.3, -0.25) is 9.69 Å². The highest BCUT2D eigenvalue weighted by atomic mass is 16.3. The molecule has 17 heavy (non-hydrogen) atoms. The van der Waals surface area contributed by atoms with Gasteiger partial charge >= 0.3 is 0 Å². The highest BCUT2D eigenvalue weighted by Gasteiger charge is 2.31. The number of rotatable bonds is 4. The van der Waals surface area contributed by atoms with Crippen LogP contribution in [0.15, 0.2) is 24.3 Å². The molecule has 0 aliphatic heterocycles. The van der Waals surface area contributed by atoms with Crippen molar-refractivity contribution in [3.8, 4) is 0 Å². The fraction of sp³-hybridized carbons (Fsp3) is 0.462. The fourth-order valence-corrected chi connectivity index (χ4v) is 2.59. The van der Waals surface area contributed by atoms with Gasteiger partial charge in [0.2, 0.25) is 5.91 Å². The molecule has 2 rings (SSSR count). The Hall–Kier alpha value is -1.39. The highest BCUT2D eigenvalue weighted by molar-refractivity contribution is 5.80. The minimum absolute atomic E-state index is 0.177. The summed E-state index contributed by atoms with van der Waals surface area (Å²) in [5.74, 6) is -0.473. The molecular weight excluding hydrogens is 216 g/mol. The molecular formula is C13H18N2O2. The number of hydrogen-bond acceptors (Lipinski definition) is 3. The number of fused-ring (bicyclic) bond motifs is 1. The molecule has 0 fully saturated rings. The Balaban J connectivity index is 2.22. The Morgan fingerprint density at radius 2 is 2.29 bits per heavy atom. The largest absolute Gasteiger partial charge is 0.394 e. The molecule has 1 amide bonds. The number of amides is 1. The van der Waals surface area contributed by atoms with Crippen molar-refractivity contribution in [3.63, 3.8) is 0 Å². The molecule has 1 aromatic rings. The van der Waals surface area contributed by atoms with Gasteiger partial charge in [0.15, 0.2) is 0 Å². The molecule has 4 heteroatoms. The van der Waals surface area contributed by atoms with Crippen molar-refractivity contribution in [3.05, 3.63) is 35.4 Å². The summed E-state index contributed by atoms with van der Waals surface area (Å²) in [5, 5.41) is 9.23. The third kappa shape index (κ3) is 2.18. The van der Waals surface area contributed by atoms with Gasteiger partial charge in [0.05, 0.1) is 6.61 Å². The zero-order chi connectivity index (χ0) is 12.4. The molecule has 3 N–H and O–H groups in total. The number of benzene rings is 1. The quantitative estimate of drug-likeness (QED) is 0.795. The van der Waals surface area contributed by atoms with E-state index in [-0.39, 0.29) is 12.6 Å². The number of primary amides is 1. The smallest absolute Gasteiger partial charge is 0.237 e. The van der Waals surface area contributed by atoms with Gasteiger partial charge in [0, 0.05) is 6.04 Å². The lowest BCUT2D eigenvalue weighted by Gasteiger charge is -2.30. The maximum Gasteiger partial charge on any atom is 0.237 e. The molecule has 1 aliphatic rings. The van der Waals surface area contributed by atoms with E-state index < -0.39 is 11.9 Å². The molecule has 0 heterocycles. The molecule has 0 spiro atoms. The fourth-order valence-electron chi connectivity index (χ4n) is 2.59. The Labute approximate surface area is 101 Å². The standard InChI is InChI=1S/C13H18N2O2/c1-15(12(8-16)13(14)17)11-7-6-9-4-2-3-5-10(9)11/h2-5,11-12,16H,6-8H2,1H3,(H2,14,17). The average Bonchev–Trinajstić information content (AvgIpc) is 2.72. The number of carbonyl (C=O) groups excluding carboxylic acids is 1. The molecule has 4 nitrogen and oxygen atoms in total. The van der Waals surface area contributed by atoms with Gasteiger partial charge in [-0.25, -0.2) is 0 Å². The molecule has 0 saturated heterocycles. The van der Waals surface area contributed by atoms with Gasteiger partial charge < -0.3 is 10.8 Å². The first-order chi connectivity index (χ1) is 8.15. The number of nitrogens with zero attached hydrogens (tertiary/aromatic N) is 1. The second kappa shape index (κ2) is 4.85. The summed E-state index contributed by atoms with van der Waals surface area (Å²) >= 11 is 0. The van der Waals surface area contributed by atoms with Crippen molar-refractivity contribution in [1.29, 1.82) is 0 Å². The summed E-state index contributed by atoms with van der Waals surface area (Å²) in [6.07, 6.45) is 1.99. The van der Waals surface area contributed by atoms with Crippen LogP contribution in [0.25, 0.3) is 0 Å². The summed E-state index contributed by atoms with van der Waals surface area (Å²) in [4.78, 5) is 13.1. The lowest BCUT2D eigenvalue weighted by atomic mass is 10.1. The van der Waals surface area contributed by atoms with Crippen molar-refractivity contribution >= 4 is 5.91 Å². The first-order valence-corrected chi connectivity index (χ1v) is 5.85. The Morgan fingerprint density at radius 1 is 1.59 bits per heavy atom. The van der Waals surface area contributed by atoms with Gasteiger partial charge in [-0.1, -0.05) is 24.3 Å². The molecule has 0 aromatic heterocycles. The Kier molecular flexibility index (Phi) is 3.45. The first kappa shape index (κ1) is 12.1. The highest BCUT2D eigenvalue weighted by Crippen LogP contribution is 2.35. The number of aliphatic hydroxyl groups excluding tert-OH is 1. The normalized spacial score (nSPS) is 20.3. The topological polar surface area (TPSA) is 66.6 Å². The summed E-state index contributed by atoms with van der Waals surface area (Å²) in [6, 6.07) is 7.80. The van der Waals surface area contributed by atoms with Crippen LogP contribution in [0.3, 0.4) is 0 Å². The maximum absolute atomic E-state index is 11.3. The predicted molar refractivity (Wildman–Crippen MR) is 65.3 cm³/mol. The van der Waals surface area contributed by atoms with Crippen molar-refractivity contribution < 1.29 is 9.90 Å². The van der Waals surface area contributed by atoms with E-state index >= 15 is 0 Å². The maximum atomic E-state index is 11.3. The first-order valence-electron chi connectivity index (χ1n) is 5.85. The zero-order valence-corrected chi connectivity index (χ0v) is 9.97. The van der Waals surface area contributed by atoms with Crippen molar-refractivity contribution in [2.75, 3.05) is 13.7 Å². The second-order valence-electron chi connectivity index (χ2n) is 4.52. The van der Waals surface area contributed by atoms with Crippen LogP contribution in [0.5, 0.6) is 0 Å². The molecule has 1 aliphatic carbocycles. The van der Waals surface area contributed by atoms with E-state index in [1.165, 1.54) is 11.1 Å². The monoisotopic (exact) mass is 234 g/mol. The van der Waals surface area contributed by atoms with E-state index in [1.54, 1.807) is 0 Å². The Bertz CT molecular complexity index is 420. The van der Waals surface area contributed by atoms with Crippen LogP contribution < -0.4 is 5.73 Å². The summed E-state index contributed by atoms with van der Waals surface area (Å²) in [7, 11) is 1.85. The third-order valence-electron chi connectivity index (χ3n) is 3.59. The predicted octanol–water partition coefficient (Wildman–Crippen LogP) is 0.452. The number of aryl methyl sites for hydroxylation is 1. The van der Waals surface area contributed by atoms with Gasteiger partial charge in [0.25, 0.3) is 0 Å². The van der Waals surface area contributed by atoms with E-state index in [0.717, 1.165) is 12.8 Å². The molecule has 2 atom stereocenters. The minimum atomic E-state index is -0.605. The second-order valence-corrected chi connectivity index (χ2v) is 4.52. The third-order valence-corrected chi connectivity index (χ3v) is 3.59. The lowest BCUT2D eigenvalue weighted by molar-refractivity contribution is -0.125. The minimum Gasteiger partial charge on any atom is -0.394 e. The summed E-state index contributed by atoms with van der Waals surface area (Å²) in [5.41, 5.74) is 7.86. The van der Waals surface area contributed by atoms with E-state index in [0.29, 0.717) is 0 Å². The van der Waals surface area contributed by atoms with Crippen molar-refractivity contribution in [1.82, 2.24) is 4.90 Å². The van der Waals surface area contributed by atoms with E-state index in [4.69, 9.17) is 5.73 Å². The number of likely N-dealkylation sites (N-methyl/N-ethyl adjacent to an activating group) is 1. The van der Waals surface area contributed by atoms with Crippen LogP contribution in [0.1, 0.15) is 23.6 Å². The lowest BCUT2D eigenvalue weighted by Crippen LogP contribution is -2.46. The van der Waals surface area contributed by atoms with Gasteiger partial charge in [0.1, 0.15) is 6.04 Å². The van der Waals surface area contributed by atoms with Crippen molar-refractivity contribution in [2.24, 2.45) is 5.73 Å². The number of hydrogen-bond donors (Lipinski definition) is 2. The summed E-state index contributed by atoms with van der Waals surface area (Å²) < 4.78 is 0. The number of nitrogens with two attached hydrogens (primary N) is 1. The zero-order valence-electron chi connectivity index (χ0n) is 9.97. The van der Waals surface area contributed by atoms with Gasteiger partial charge in [-0.15, -0.1) is 0 Å². The van der Waals surface area contributed by atoms with Crippen LogP contribution in [-0.2, 0) is 11.2 Å². The Morgan fingerprint density at radius 3 is 2.94 bits per heavy atom. The molecule has 0 saturated carbocycles. The average molecular weight is 234 g/mol. The van der Waals surface area contributed by atoms with E-state index in [2.05, 4.69) is 12.1 Å². The van der Waals surface area contributed by atoms with Gasteiger partial charge in [-0.05, 0) is 31.0 Å². The van der Waals surface area contributed by atoms with Crippen molar-refractivity contribution in [2.45, 2.75) is 24.9 Å². The van der Waals surface area contributed by atoms with Crippen LogP contribution in [-0.4, -0.2) is 35.6 Å². The molecule has 92 valence electrons. The van der Waals surface area contributed by atoms with Crippen LogP contribution in [0, 0.1) is 0 Å². The van der Waals surface area contributed by atoms with E-state index in [9.17, 15) is 9.90 Å². The van der Waals surface area contributed by atoms with Gasteiger partial charge in [-0.2, -0.15) is 0 Å². The molecule has 0 radical (unpaired) electrons. The summed E-state index contributed by atoms with van der Waals surface area (Å²) in [6.45, 7) is -0.232.